The maximum absolute atomic E-state index is 2.71. The molecule has 0 N–H and O–H groups in total. The highest BCUT2D eigenvalue weighted by Gasteiger charge is 2.75. The summed E-state index contributed by atoms with van der Waals surface area (Å²) in [6.07, 6.45) is 10.0. The summed E-state index contributed by atoms with van der Waals surface area (Å²) in [5, 5.41) is 0. The first kappa shape index (κ1) is 7.96. The van der Waals surface area contributed by atoms with Crippen molar-refractivity contribution in [3.63, 3.8) is 0 Å². The van der Waals surface area contributed by atoms with E-state index in [1.54, 1.807) is 6.42 Å². The van der Waals surface area contributed by atoms with Gasteiger partial charge in [-0.1, -0.05) is 31.4 Å². The Morgan fingerprint density at radius 2 is 2.14 bits per heavy atom. The van der Waals surface area contributed by atoms with E-state index in [4.69, 9.17) is 0 Å². The molecule has 5 aliphatic carbocycles. The molecule has 0 saturated heterocycles. The Hall–Kier alpha value is -0.260. The van der Waals surface area contributed by atoms with E-state index in [-0.39, 0.29) is 0 Å². The van der Waals surface area contributed by atoms with E-state index in [2.05, 4.69) is 13.0 Å². The maximum atomic E-state index is 2.71. The predicted octanol–water partition coefficient (Wildman–Crippen LogP) is 3.63. The van der Waals surface area contributed by atoms with Crippen LogP contribution in [0.15, 0.2) is 11.6 Å². The van der Waals surface area contributed by atoms with E-state index in [1.165, 1.54) is 43.4 Å². The summed E-state index contributed by atoms with van der Waals surface area (Å²) in [6, 6.07) is 0. The first-order valence-corrected chi connectivity index (χ1v) is 6.62. The van der Waals surface area contributed by atoms with Crippen LogP contribution in [-0.4, -0.2) is 0 Å². The molecule has 0 radical (unpaired) electrons. The van der Waals surface area contributed by atoms with E-state index in [1.807, 2.05) is 5.57 Å². The summed E-state index contributed by atoms with van der Waals surface area (Å²) in [6.45, 7) is 2.31. The van der Waals surface area contributed by atoms with Gasteiger partial charge in [0, 0.05) is 0 Å². The highest BCUT2D eigenvalue weighted by atomic mass is 14.8. The molecule has 0 spiro atoms. The average molecular weight is 188 g/mol. The molecule has 0 aromatic heterocycles. The summed E-state index contributed by atoms with van der Waals surface area (Å²) in [5.74, 6) is 6.92. The van der Waals surface area contributed by atoms with Gasteiger partial charge < -0.3 is 0 Å². The fourth-order valence-corrected chi connectivity index (χ4v) is 5.16. The molecule has 76 valence electrons. The normalized spacial score (nSPS) is 55.4. The monoisotopic (exact) mass is 188 g/mol. The van der Waals surface area contributed by atoms with Gasteiger partial charge in [-0.05, 0) is 54.8 Å². The highest BCUT2D eigenvalue weighted by Crippen LogP contribution is 2.80. The van der Waals surface area contributed by atoms with Crippen LogP contribution in [0.5, 0.6) is 0 Å². The Morgan fingerprint density at radius 1 is 1.21 bits per heavy atom. The number of rotatable bonds is 4. The fourth-order valence-electron chi connectivity index (χ4n) is 5.16. The topological polar surface area (TPSA) is 0 Å². The second-order valence-electron chi connectivity index (χ2n) is 6.02. The second kappa shape index (κ2) is 2.46. The molecule has 6 bridgehead atoms. The van der Waals surface area contributed by atoms with Gasteiger partial charge in [0.05, 0.1) is 0 Å². The first-order valence-electron chi connectivity index (χ1n) is 6.62. The number of allylic oxidation sites excluding steroid dienone is 2. The van der Waals surface area contributed by atoms with E-state index >= 15 is 0 Å². The zero-order chi connectivity index (χ0) is 9.28. The molecule has 0 heterocycles. The fraction of sp³-hybridized carbons (Fsp3) is 0.857. The molecule has 0 aromatic carbocycles. The molecule has 5 rings (SSSR count). The van der Waals surface area contributed by atoms with Crippen LogP contribution in [0, 0.1) is 35.5 Å². The molecule has 0 heteroatoms. The molecule has 6 atom stereocenters. The van der Waals surface area contributed by atoms with E-state index in [0.29, 0.717) is 0 Å². The summed E-state index contributed by atoms with van der Waals surface area (Å²) in [4.78, 5) is 0. The molecule has 4 saturated carbocycles. The van der Waals surface area contributed by atoms with Crippen LogP contribution >= 0.6 is 0 Å². The first-order chi connectivity index (χ1) is 6.92. The Labute approximate surface area is 86.8 Å². The quantitative estimate of drug-likeness (QED) is 0.467. The molecular formula is C14H20. The minimum absolute atomic E-state index is 1.08. The van der Waals surface area contributed by atoms with Crippen molar-refractivity contribution in [3.8, 4) is 0 Å². The molecule has 0 aliphatic heterocycles. The van der Waals surface area contributed by atoms with Crippen molar-refractivity contribution in [1.29, 1.82) is 0 Å². The van der Waals surface area contributed by atoms with Crippen LogP contribution in [0.25, 0.3) is 0 Å². The Morgan fingerprint density at radius 3 is 2.79 bits per heavy atom. The second-order valence-corrected chi connectivity index (χ2v) is 6.02. The van der Waals surface area contributed by atoms with Gasteiger partial charge in [-0.2, -0.15) is 0 Å². The van der Waals surface area contributed by atoms with Crippen LogP contribution in [0.1, 0.15) is 39.0 Å². The average Bonchev–Trinajstić information content (AvgIpc) is 2.59. The standard InChI is InChI=1S/C14H20/c1-2-3-4-5-8-6-9-10-7-11-13(9)14(11)12(8)10/h6,9-14H,2-5,7H2,1H3/t9-,10-,11+,12+,13?,14?/m0/s1. The lowest BCUT2D eigenvalue weighted by Crippen LogP contribution is -2.05. The molecule has 5 aliphatic rings. The van der Waals surface area contributed by atoms with Gasteiger partial charge in [0.1, 0.15) is 0 Å². The van der Waals surface area contributed by atoms with Crippen molar-refractivity contribution >= 4 is 0 Å². The molecule has 2 unspecified atom stereocenters. The smallest absolute Gasteiger partial charge is 0.0135 e. The lowest BCUT2D eigenvalue weighted by Gasteiger charge is -2.14. The summed E-state index contributed by atoms with van der Waals surface area (Å²) in [7, 11) is 0. The van der Waals surface area contributed by atoms with E-state index < -0.39 is 0 Å². The molecule has 14 heavy (non-hydrogen) atoms. The van der Waals surface area contributed by atoms with Gasteiger partial charge in [-0.15, -0.1) is 0 Å². The summed E-state index contributed by atoms with van der Waals surface area (Å²) < 4.78 is 0. The van der Waals surface area contributed by atoms with Gasteiger partial charge >= 0.3 is 0 Å². The summed E-state index contributed by atoms with van der Waals surface area (Å²) >= 11 is 0. The Bertz CT molecular complexity index is 301. The van der Waals surface area contributed by atoms with Crippen molar-refractivity contribution in [2.45, 2.75) is 39.0 Å². The third-order valence-corrected chi connectivity index (χ3v) is 5.56. The zero-order valence-corrected chi connectivity index (χ0v) is 9.08. The lowest BCUT2D eigenvalue weighted by molar-refractivity contribution is 0.452. The zero-order valence-electron chi connectivity index (χ0n) is 9.08. The third kappa shape index (κ3) is 0.741. The molecule has 0 amide bonds. The van der Waals surface area contributed by atoms with Crippen LogP contribution in [0.4, 0.5) is 0 Å². The molecule has 0 nitrogen and oxygen atoms in total. The van der Waals surface area contributed by atoms with Crippen LogP contribution < -0.4 is 0 Å². The minimum Gasteiger partial charge on any atom is -0.0813 e. The van der Waals surface area contributed by atoms with Gasteiger partial charge in [0.2, 0.25) is 0 Å². The largest absolute Gasteiger partial charge is 0.0813 e. The predicted molar refractivity (Wildman–Crippen MR) is 57.8 cm³/mol. The van der Waals surface area contributed by atoms with Crippen molar-refractivity contribution in [3.05, 3.63) is 11.6 Å². The van der Waals surface area contributed by atoms with Crippen LogP contribution in [0.2, 0.25) is 0 Å². The summed E-state index contributed by atoms with van der Waals surface area (Å²) in [5.41, 5.74) is 1.90. The number of hydrogen-bond acceptors (Lipinski definition) is 0. The Balaban J connectivity index is 1.48. The van der Waals surface area contributed by atoms with Gasteiger partial charge in [0.15, 0.2) is 0 Å². The minimum atomic E-state index is 1.08. The third-order valence-electron chi connectivity index (χ3n) is 5.56. The van der Waals surface area contributed by atoms with Gasteiger partial charge in [-0.25, -0.2) is 0 Å². The number of hydrogen-bond donors (Lipinski definition) is 0. The maximum Gasteiger partial charge on any atom is -0.0135 e. The molecular weight excluding hydrogens is 168 g/mol. The lowest BCUT2D eigenvalue weighted by atomic mass is 9.91. The van der Waals surface area contributed by atoms with Crippen molar-refractivity contribution in [2.24, 2.45) is 35.5 Å². The van der Waals surface area contributed by atoms with Crippen molar-refractivity contribution in [2.75, 3.05) is 0 Å². The van der Waals surface area contributed by atoms with Crippen LogP contribution in [0.3, 0.4) is 0 Å². The Kier molecular flexibility index (Phi) is 1.40. The van der Waals surface area contributed by atoms with E-state index in [9.17, 15) is 0 Å². The molecule has 4 fully saturated rings. The van der Waals surface area contributed by atoms with Crippen molar-refractivity contribution in [1.82, 2.24) is 0 Å². The van der Waals surface area contributed by atoms with Crippen molar-refractivity contribution < 1.29 is 0 Å². The van der Waals surface area contributed by atoms with Crippen LogP contribution in [-0.2, 0) is 0 Å². The number of unbranched alkanes of at least 4 members (excludes halogenated alkanes) is 2. The SMILES string of the molecule is CCCCCC1=C[C@@H]2C3C4[C@@H]3C[C@@H]2[C@@H]14. The van der Waals surface area contributed by atoms with Gasteiger partial charge in [-0.3, -0.25) is 0 Å². The van der Waals surface area contributed by atoms with E-state index in [0.717, 1.165) is 17.8 Å². The molecule has 0 aromatic rings. The highest BCUT2D eigenvalue weighted by molar-refractivity contribution is 5.38. The van der Waals surface area contributed by atoms with Gasteiger partial charge in [0.25, 0.3) is 0 Å².